The minimum Gasteiger partial charge on any atom is -0.388 e. The zero-order valence-corrected chi connectivity index (χ0v) is 18.1. The summed E-state index contributed by atoms with van der Waals surface area (Å²) in [6.45, 7) is 3.13. The summed E-state index contributed by atoms with van der Waals surface area (Å²) in [6, 6.07) is -0.165. The number of hydrogen-bond acceptors (Lipinski definition) is 11. The van der Waals surface area contributed by atoms with Crippen molar-refractivity contribution in [3.8, 4) is 0 Å². The molecule has 1 fully saturated rings. The third-order valence-electron chi connectivity index (χ3n) is 4.55. The molecule has 5 N–H and O–H groups in total. The van der Waals surface area contributed by atoms with Crippen molar-refractivity contribution >= 4 is 5.95 Å². The number of alkyl halides is 3. The maximum Gasteiger partial charge on any atom is 0.433 e. The van der Waals surface area contributed by atoms with Gasteiger partial charge in [0.25, 0.3) is 0 Å². The molecule has 1 aromatic rings. The van der Waals surface area contributed by atoms with Crippen LogP contribution in [0.4, 0.5) is 19.1 Å². The van der Waals surface area contributed by atoms with Crippen LogP contribution in [0.15, 0.2) is 12.3 Å². The van der Waals surface area contributed by atoms with Crippen LogP contribution in [0.3, 0.4) is 0 Å². The summed E-state index contributed by atoms with van der Waals surface area (Å²) < 4.78 is 65.0. The first-order valence-electron chi connectivity index (χ1n) is 10.5. The fraction of sp³-hybridized carbons (Fsp3) is 0.789. The minimum absolute atomic E-state index is 0.00332. The third kappa shape index (κ3) is 10.0. The Balaban J connectivity index is 1.60. The first-order chi connectivity index (χ1) is 15.8. The Bertz CT molecular complexity index is 675. The summed E-state index contributed by atoms with van der Waals surface area (Å²) in [5, 5.41) is 23.1. The van der Waals surface area contributed by atoms with Gasteiger partial charge in [0, 0.05) is 12.7 Å². The van der Waals surface area contributed by atoms with Crippen molar-refractivity contribution in [2.75, 3.05) is 71.3 Å². The van der Waals surface area contributed by atoms with Crippen LogP contribution in [-0.2, 0) is 29.9 Å². The van der Waals surface area contributed by atoms with Crippen molar-refractivity contribution in [2.45, 2.75) is 30.5 Å². The SMILES string of the molecule is NCCOCCOCCOCCOC[C@H]1OC[C@H](Nc2nccc(C(F)(F)F)n2)[C@@H](O)[C@H]1O. The van der Waals surface area contributed by atoms with Crippen LogP contribution in [-0.4, -0.2) is 111 Å². The second-order valence-electron chi connectivity index (χ2n) is 7.07. The molecule has 190 valence electrons. The summed E-state index contributed by atoms with van der Waals surface area (Å²) in [5.74, 6) is -0.330. The number of halogens is 3. The monoisotopic (exact) mass is 484 g/mol. The number of aliphatic hydroxyl groups excluding tert-OH is 2. The second-order valence-corrected chi connectivity index (χ2v) is 7.07. The summed E-state index contributed by atoms with van der Waals surface area (Å²) >= 11 is 0. The van der Waals surface area contributed by atoms with Gasteiger partial charge in [-0.25, -0.2) is 9.97 Å². The van der Waals surface area contributed by atoms with Crippen LogP contribution in [0.25, 0.3) is 0 Å². The molecule has 14 heteroatoms. The highest BCUT2D eigenvalue weighted by Gasteiger charge is 2.39. The molecule has 0 spiro atoms. The van der Waals surface area contributed by atoms with Gasteiger partial charge in [0.15, 0.2) is 0 Å². The van der Waals surface area contributed by atoms with Crippen molar-refractivity contribution in [1.29, 1.82) is 0 Å². The van der Waals surface area contributed by atoms with Gasteiger partial charge >= 0.3 is 6.18 Å². The molecule has 0 unspecified atom stereocenters. The zero-order valence-electron chi connectivity index (χ0n) is 18.1. The Morgan fingerprint density at radius 3 is 2.21 bits per heavy atom. The number of nitrogens with two attached hydrogens (primary N) is 1. The summed E-state index contributed by atoms with van der Waals surface area (Å²) in [7, 11) is 0. The Morgan fingerprint density at radius 2 is 1.61 bits per heavy atom. The number of rotatable bonds is 15. The molecule has 1 aliphatic rings. The van der Waals surface area contributed by atoms with Gasteiger partial charge in [0.2, 0.25) is 5.95 Å². The molecule has 1 aromatic heterocycles. The number of aliphatic hydroxyl groups is 2. The molecular formula is C19H31F3N4O7. The molecule has 0 radical (unpaired) electrons. The summed E-state index contributed by atoms with van der Waals surface area (Å²) in [6.07, 6.45) is -7.13. The number of nitrogens with zero attached hydrogens (tertiary/aromatic N) is 2. The van der Waals surface area contributed by atoms with Gasteiger partial charge in [0.1, 0.15) is 24.0 Å². The van der Waals surface area contributed by atoms with Crippen LogP contribution >= 0.6 is 0 Å². The van der Waals surface area contributed by atoms with Gasteiger partial charge in [-0.2, -0.15) is 13.2 Å². The largest absolute Gasteiger partial charge is 0.433 e. The van der Waals surface area contributed by atoms with Crippen LogP contribution in [0.1, 0.15) is 5.69 Å². The highest BCUT2D eigenvalue weighted by Crippen LogP contribution is 2.28. The van der Waals surface area contributed by atoms with Gasteiger partial charge in [-0.15, -0.1) is 0 Å². The molecule has 1 aliphatic heterocycles. The average Bonchev–Trinajstić information content (AvgIpc) is 2.78. The van der Waals surface area contributed by atoms with E-state index in [0.29, 0.717) is 46.2 Å². The smallest absolute Gasteiger partial charge is 0.388 e. The van der Waals surface area contributed by atoms with Crippen molar-refractivity contribution < 1.29 is 47.1 Å². The molecule has 0 aromatic carbocycles. The van der Waals surface area contributed by atoms with E-state index in [9.17, 15) is 23.4 Å². The minimum atomic E-state index is -4.63. The fourth-order valence-electron chi connectivity index (χ4n) is 2.85. The molecule has 2 heterocycles. The Kier molecular flexibility index (Phi) is 12.2. The number of ether oxygens (including phenoxy) is 5. The fourth-order valence-corrected chi connectivity index (χ4v) is 2.85. The molecule has 33 heavy (non-hydrogen) atoms. The van der Waals surface area contributed by atoms with Crippen LogP contribution in [0.5, 0.6) is 0 Å². The van der Waals surface area contributed by atoms with Crippen LogP contribution < -0.4 is 11.1 Å². The zero-order chi connectivity index (χ0) is 24.1. The molecular weight excluding hydrogens is 453 g/mol. The van der Waals surface area contributed by atoms with Gasteiger partial charge < -0.3 is 44.9 Å². The summed E-state index contributed by atoms with van der Waals surface area (Å²) in [5.41, 5.74) is 4.17. The first kappa shape index (κ1) is 27.6. The molecule has 11 nitrogen and oxygen atoms in total. The van der Waals surface area contributed by atoms with Crippen molar-refractivity contribution in [3.63, 3.8) is 0 Å². The standard InChI is InChI=1S/C19H31F3N4O7/c20-19(21,22)15-1-3-24-18(26-15)25-13-11-33-14(17(28)16(13)27)12-32-10-9-31-8-7-30-6-5-29-4-2-23/h1,3,13-14,16-17,27-28H,2,4-12,23H2,(H,24,25,26)/t13-,14+,16+,17-/m0/s1. The van der Waals surface area contributed by atoms with E-state index in [-0.39, 0.29) is 25.8 Å². The van der Waals surface area contributed by atoms with Gasteiger partial charge in [-0.1, -0.05) is 0 Å². The van der Waals surface area contributed by atoms with Crippen molar-refractivity contribution in [3.05, 3.63) is 18.0 Å². The van der Waals surface area contributed by atoms with E-state index >= 15 is 0 Å². The maximum absolute atomic E-state index is 12.8. The highest BCUT2D eigenvalue weighted by atomic mass is 19.4. The van der Waals surface area contributed by atoms with Gasteiger partial charge in [0.05, 0.1) is 65.5 Å². The van der Waals surface area contributed by atoms with E-state index < -0.39 is 36.2 Å². The predicted octanol–water partition coefficient (Wildman–Crippen LogP) is -0.578. The number of hydrogen-bond donors (Lipinski definition) is 4. The molecule has 0 saturated carbocycles. The molecule has 0 aliphatic carbocycles. The van der Waals surface area contributed by atoms with Crippen LogP contribution in [0, 0.1) is 0 Å². The number of nitrogens with one attached hydrogen (secondary N) is 1. The van der Waals surface area contributed by atoms with Crippen molar-refractivity contribution in [2.24, 2.45) is 5.73 Å². The Labute approximate surface area is 189 Å². The molecule has 0 bridgehead atoms. The van der Waals surface area contributed by atoms with Crippen molar-refractivity contribution in [1.82, 2.24) is 9.97 Å². The highest BCUT2D eigenvalue weighted by molar-refractivity contribution is 5.29. The van der Waals surface area contributed by atoms with E-state index in [4.69, 9.17) is 29.4 Å². The van der Waals surface area contributed by atoms with E-state index in [1.54, 1.807) is 0 Å². The molecule has 4 atom stereocenters. The van der Waals surface area contributed by atoms with Crippen LogP contribution in [0.2, 0.25) is 0 Å². The van der Waals surface area contributed by atoms with E-state index in [1.165, 1.54) is 0 Å². The molecule has 1 saturated heterocycles. The molecule has 0 amide bonds. The van der Waals surface area contributed by atoms with Gasteiger partial charge in [-0.3, -0.25) is 0 Å². The van der Waals surface area contributed by atoms with E-state index in [1.807, 2.05) is 0 Å². The lowest BCUT2D eigenvalue weighted by Crippen LogP contribution is -2.57. The Morgan fingerprint density at radius 1 is 1.00 bits per heavy atom. The van der Waals surface area contributed by atoms with Gasteiger partial charge in [-0.05, 0) is 6.07 Å². The second kappa shape index (κ2) is 14.6. The summed E-state index contributed by atoms with van der Waals surface area (Å²) in [4.78, 5) is 7.09. The molecule has 2 rings (SSSR count). The normalized spacial score (nSPS) is 23.6. The maximum atomic E-state index is 12.8. The predicted molar refractivity (Wildman–Crippen MR) is 109 cm³/mol. The number of anilines is 1. The quantitative estimate of drug-likeness (QED) is 0.237. The first-order valence-corrected chi connectivity index (χ1v) is 10.5. The topological polar surface area (TPSA) is 150 Å². The Hall–Kier alpha value is -1.65. The lowest BCUT2D eigenvalue weighted by Gasteiger charge is -2.37. The lowest BCUT2D eigenvalue weighted by molar-refractivity contribution is -0.161. The lowest BCUT2D eigenvalue weighted by atomic mass is 9.98. The number of aromatic nitrogens is 2. The van der Waals surface area contributed by atoms with E-state index in [0.717, 1.165) is 12.3 Å². The average molecular weight is 484 g/mol. The third-order valence-corrected chi connectivity index (χ3v) is 4.55. The van der Waals surface area contributed by atoms with E-state index in [2.05, 4.69) is 15.3 Å².